The van der Waals surface area contributed by atoms with E-state index in [2.05, 4.69) is 10.3 Å². The molecule has 10 heavy (non-hydrogen) atoms. The second-order valence-electron chi connectivity index (χ2n) is 1.92. The van der Waals surface area contributed by atoms with Crippen molar-refractivity contribution >= 4 is 5.69 Å². The lowest BCUT2D eigenvalue weighted by molar-refractivity contribution is 0.622. The van der Waals surface area contributed by atoms with Gasteiger partial charge >= 0.3 is 0 Å². The molecule has 0 aliphatic rings. The SMILES string of the molecule is CCNc1cncc(F)c1. The fraction of sp³-hybridized carbons (Fsp3) is 0.286. The first kappa shape index (κ1) is 6.99. The van der Waals surface area contributed by atoms with Crippen molar-refractivity contribution in [3.63, 3.8) is 0 Å². The van der Waals surface area contributed by atoms with E-state index in [9.17, 15) is 4.39 Å². The van der Waals surface area contributed by atoms with E-state index >= 15 is 0 Å². The Morgan fingerprint density at radius 3 is 3.00 bits per heavy atom. The molecular weight excluding hydrogens is 131 g/mol. The van der Waals surface area contributed by atoms with Crippen LogP contribution in [0, 0.1) is 5.82 Å². The van der Waals surface area contributed by atoms with Gasteiger partial charge in [-0.3, -0.25) is 4.98 Å². The topological polar surface area (TPSA) is 24.9 Å². The molecule has 0 bridgehead atoms. The first-order valence-electron chi connectivity index (χ1n) is 3.17. The maximum atomic E-state index is 12.4. The Bertz CT molecular complexity index is 213. The normalized spacial score (nSPS) is 9.40. The molecule has 1 heterocycles. The van der Waals surface area contributed by atoms with Gasteiger partial charge in [0.1, 0.15) is 5.82 Å². The molecule has 0 aliphatic carbocycles. The van der Waals surface area contributed by atoms with Gasteiger partial charge in [-0.1, -0.05) is 0 Å². The van der Waals surface area contributed by atoms with Gasteiger partial charge in [0.25, 0.3) is 0 Å². The van der Waals surface area contributed by atoms with Gasteiger partial charge in [-0.15, -0.1) is 0 Å². The number of rotatable bonds is 2. The Hall–Kier alpha value is -1.12. The van der Waals surface area contributed by atoms with Crippen molar-refractivity contribution in [1.82, 2.24) is 4.98 Å². The molecule has 1 aromatic heterocycles. The number of hydrogen-bond acceptors (Lipinski definition) is 2. The van der Waals surface area contributed by atoms with Crippen LogP contribution in [-0.4, -0.2) is 11.5 Å². The summed E-state index contributed by atoms with van der Waals surface area (Å²) in [6, 6.07) is 1.41. The summed E-state index contributed by atoms with van der Waals surface area (Å²) in [6.07, 6.45) is 2.77. The van der Waals surface area contributed by atoms with Crippen LogP contribution in [0.1, 0.15) is 6.92 Å². The van der Waals surface area contributed by atoms with Crippen molar-refractivity contribution in [2.24, 2.45) is 0 Å². The second kappa shape index (κ2) is 3.15. The molecule has 0 saturated heterocycles. The molecule has 2 nitrogen and oxygen atoms in total. The summed E-state index contributed by atoms with van der Waals surface area (Å²) in [5.41, 5.74) is 0.725. The average Bonchev–Trinajstić information content (AvgIpc) is 1.88. The zero-order chi connectivity index (χ0) is 7.40. The number of nitrogens with zero attached hydrogens (tertiary/aromatic N) is 1. The lowest BCUT2D eigenvalue weighted by Gasteiger charge is -1.99. The third kappa shape index (κ3) is 1.69. The van der Waals surface area contributed by atoms with Gasteiger partial charge in [-0.25, -0.2) is 4.39 Å². The Morgan fingerprint density at radius 1 is 1.60 bits per heavy atom. The zero-order valence-electron chi connectivity index (χ0n) is 5.76. The van der Waals surface area contributed by atoms with Crippen LogP contribution >= 0.6 is 0 Å². The molecular formula is C7H9FN2. The zero-order valence-corrected chi connectivity index (χ0v) is 5.76. The lowest BCUT2D eigenvalue weighted by Crippen LogP contribution is -1.96. The smallest absolute Gasteiger partial charge is 0.143 e. The van der Waals surface area contributed by atoms with Gasteiger partial charge in [0.05, 0.1) is 18.1 Å². The monoisotopic (exact) mass is 140 g/mol. The van der Waals surface area contributed by atoms with Crippen LogP contribution in [0.15, 0.2) is 18.5 Å². The van der Waals surface area contributed by atoms with Crippen molar-refractivity contribution in [2.45, 2.75) is 6.92 Å². The molecule has 0 saturated carbocycles. The van der Waals surface area contributed by atoms with E-state index in [0.717, 1.165) is 12.2 Å². The molecule has 0 spiro atoms. The summed E-state index contributed by atoms with van der Waals surface area (Å²) in [4.78, 5) is 3.67. The van der Waals surface area contributed by atoms with Crippen LogP contribution in [0.25, 0.3) is 0 Å². The first-order valence-corrected chi connectivity index (χ1v) is 3.17. The summed E-state index contributed by atoms with van der Waals surface area (Å²) < 4.78 is 12.4. The van der Waals surface area contributed by atoms with Crippen molar-refractivity contribution < 1.29 is 4.39 Å². The summed E-state index contributed by atoms with van der Waals surface area (Å²) in [5, 5.41) is 2.95. The van der Waals surface area contributed by atoms with E-state index in [-0.39, 0.29) is 5.82 Å². The van der Waals surface area contributed by atoms with Crippen LogP contribution < -0.4 is 5.32 Å². The van der Waals surface area contributed by atoms with Crippen LogP contribution in [0.2, 0.25) is 0 Å². The number of halogens is 1. The summed E-state index contributed by atoms with van der Waals surface area (Å²) >= 11 is 0. The van der Waals surface area contributed by atoms with E-state index in [1.165, 1.54) is 12.3 Å². The standard InChI is InChI=1S/C7H9FN2/c1-2-10-7-3-6(8)4-9-5-7/h3-5,10H,2H2,1H3. The van der Waals surface area contributed by atoms with E-state index in [1.54, 1.807) is 6.20 Å². The molecule has 0 aromatic carbocycles. The van der Waals surface area contributed by atoms with Gasteiger partial charge < -0.3 is 5.32 Å². The molecule has 1 rings (SSSR count). The first-order chi connectivity index (χ1) is 4.83. The second-order valence-corrected chi connectivity index (χ2v) is 1.92. The Balaban J connectivity index is 2.75. The minimum Gasteiger partial charge on any atom is -0.384 e. The summed E-state index contributed by atoms with van der Waals surface area (Å²) in [6.45, 7) is 2.73. The maximum absolute atomic E-state index is 12.4. The van der Waals surface area contributed by atoms with Crippen molar-refractivity contribution in [3.8, 4) is 0 Å². The van der Waals surface area contributed by atoms with E-state index in [1.807, 2.05) is 6.92 Å². The Morgan fingerprint density at radius 2 is 2.40 bits per heavy atom. The minimum absolute atomic E-state index is 0.307. The average molecular weight is 140 g/mol. The number of anilines is 1. The van der Waals surface area contributed by atoms with Gasteiger partial charge in [-0.05, 0) is 6.92 Å². The highest BCUT2D eigenvalue weighted by atomic mass is 19.1. The van der Waals surface area contributed by atoms with E-state index in [0.29, 0.717) is 0 Å². The minimum atomic E-state index is -0.307. The summed E-state index contributed by atoms with van der Waals surface area (Å²) in [7, 11) is 0. The molecule has 1 N–H and O–H groups in total. The molecule has 0 aliphatic heterocycles. The number of nitrogens with one attached hydrogen (secondary N) is 1. The molecule has 3 heteroatoms. The predicted octanol–water partition coefficient (Wildman–Crippen LogP) is 1.65. The Kier molecular flexibility index (Phi) is 2.20. The number of hydrogen-bond donors (Lipinski definition) is 1. The van der Waals surface area contributed by atoms with Gasteiger partial charge in [-0.2, -0.15) is 0 Å². The van der Waals surface area contributed by atoms with Crippen molar-refractivity contribution in [1.29, 1.82) is 0 Å². The van der Waals surface area contributed by atoms with Gasteiger partial charge in [0, 0.05) is 12.6 Å². The molecule has 0 atom stereocenters. The molecule has 0 radical (unpaired) electrons. The van der Waals surface area contributed by atoms with E-state index in [4.69, 9.17) is 0 Å². The van der Waals surface area contributed by atoms with Crippen LogP contribution in [0.4, 0.5) is 10.1 Å². The predicted molar refractivity (Wildman–Crippen MR) is 38.4 cm³/mol. The van der Waals surface area contributed by atoms with Crippen molar-refractivity contribution in [2.75, 3.05) is 11.9 Å². The maximum Gasteiger partial charge on any atom is 0.143 e. The summed E-state index contributed by atoms with van der Waals surface area (Å²) in [5.74, 6) is -0.307. The number of aromatic nitrogens is 1. The Labute approximate surface area is 59.1 Å². The fourth-order valence-electron chi connectivity index (χ4n) is 0.713. The van der Waals surface area contributed by atoms with E-state index < -0.39 is 0 Å². The number of pyridine rings is 1. The van der Waals surface area contributed by atoms with Crippen molar-refractivity contribution in [3.05, 3.63) is 24.3 Å². The molecule has 0 fully saturated rings. The highest BCUT2D eigenvalue weighted by Crippen LogP contribution is 2.05. The molecule has 0 unspecified atom stereocenters. The van der Waals surface area contributed by atoms with Crippen LogP contribution in [0.5, 0.6) is 0 Å². The van der Waals surface area contributed by atoms with Gasteiger partial charge in [0.15, 0.2) is 0 Å². The fourth-order valence-corrected chi connectivity index (χ4v) is 0.713. The third-order valence-corrected chi connectivity index (χ3v) is 1.09. The molecule has 54 valence electrons. The van der Waals surface area contributed by atoms with Crippen LogP contribution in [-0.2, 0) is 0 Å². The lowest BCUT2D eigenvalue weighted by atomic mass is 10.4. The third-order valence-electron chi connectivity index (χ3n) is 1.09. The molecule has 1 aromatic rings. The van der Waals surface area contributed by atoms with Crippen LogP contribution in [0.3, 0.4) is 0 Å². The largest absolute Gasteiger partial charge is 0.384 e. The molecule has 0 amide bonds. The highest BCUT2D eigenvalue weighted by molar-refractivity contribution is 5.39. The highest BCUT2D eigenvalue weighted by Gasteiger charge is 1.91. The van der Waals surface area contributed by atoms with Gasteiger partial charge in [0.2, 0.25) is 0 Å². The quantitative estimate of drug-likeness (QED) is 0.675.